The molecular weight excluding hydrogens is 397 g/mol. The average molecular weight is 405 g/mol. The Bertz CT molecular complexity index is 291. The van der Waals surface area contributed by atoms with Crippen molar-refractivity contribution in [2.75, 3.05) is 0 Å². The Morgan fingerprint density at radius 3 is 2.75 bits per heavy atom. The third kappa shape index (κ3) is 3.08. The molecule has 2 rings (SSSR count). The number of hydrogen-bond donors (Lipinski definition) is 0. The van der Waals surface area contributed by atoms with Crippen LogP contribution in [0.1, 0.15) is 0 Å². The Morgan fingerprint density at radius 1 is 1.33 bits per heavy atom. The quantitative estimate of drug-likeness (QED) is 0.609. The zero-order valence-corrected chi connectivity index (χ0v) is 12.5. The van der Waals surface area contributed by atoms with Crippen molar-refractivity contribution < 1.29 is 53.8 Å². The predicted octanol–water partition coefficient (Wildman–Crippen LogP) is 1.58. The molecule has 0 fully saturated rings. The first kappa shape index (κ1) is 15.0. The Hall–Kier alpha value is 0.482. The van der Waals surface area contributed by atoms with Crippen molar-refractivity contribution in [3.63, 3.8) is 0 Å². The number of imidazole rings is 1. The van der Waals surface area contributed by atoms with Gasteiger partial charge in [-0.05, 0) is 0 Å². The summed E-state index contributed by atoms with van der Waals surface area (Å²) in [5.74, 6) is 0. The van der Waals surface area contributed by atoms with Crippen molar-refractivity contribution in [2.45, 2.75) is 0 Å². The van der Waals surface area contributed by atoms with Crippen molar-refractivity contribution in [2.24, 2.45) is 0 Å². The first-order chi connectivity index (χ1) is 4.47. The molecule has 0 N–H and O–H groups in total. The van der Waals surface area contributed by atoms with Gasteiger partial charge in [0, 0.05) is 50.8 Å². The van der Waals surface area contributed by atoms with Gasteiger partial charge in [-0.25, -0.2) is 12.1 Å². The molecule has 2 heterocycles. The summed E-state index contributed by atoms with van der Waals surface area (Å²) in [4.78, 5) is 4.03. The van der Waals surface area contributed by atoms with Crippen LogP contribution in [0.3, 0.4) is 0 Å². The number of rotatable bonds is 0. The van der Waals surface area contributed by atoms with Gasteiger partial charge in [0.2, 0.25) is 0 Å². The van der Waals surface area contributed by atoms with Gasteiger partial charge < -0.3 is 11.8 Å². The maximum absolute atomic E-state index is 4.03. The molecule has 1 radical (unpaired) electrons. The van der Waals surface area contributed by atoms with Gasteiger partial charge in [0.1, 0.15) is 0 Å². The third-order valence-corrected chi connectivity index (χ3v) is 1.22. The van der Waals surface area contributed by atoms with E-state index in [2.05, 4.69) is 11.1 Å². The van der Waals surface area contributed by atoms with Crippen molar-refractivity contribution >= 4 is 5.65 Å². The van der Waals surface area contributed by atoms with Gasteiger partial charge in [-0.15, -0.1) is 0 Å². The monoisotopic (exact) mass is 405 g/mol. The molecule has 59 valence electrons. The molecule has 0 unspecified atom stereocenters. The summed E-state index contributed by atoms with van der Waals surface area (Å²) in [5, 5.41) is 0. The minimum Gasteiger partial charge on any atom is -0.358 e. The first-order valence-corrected chi connectivity index (χ1v) is 2.76. The number of nitrogens with zero attached hydrogens (tertiary/aromatic N) is 2. The molecule has 0 atom stereocenters. The first-order valence-electron chi connectivity index (χ1n) is 2.76. The fourth-order valence-electron chi connectivity index (χ4n) is 0.804. The predicted molar refractivity (Wildman–Crippen MR) is 40.4 cm³/mol. The zero-order chi connectivity index (χ0) is 6.10. The van der Waals surface area contributed by atoms with Gasteiger partial charge in [-0.3, -0.25) is 4.98 Å². The average Bonchev–Trinajstić information content (AvgIpc) is 2.33. The molecule has 0 saturated heterocycles. The largest absolute Gasteiger partial charge is 2.00 e. The van der Waals surface area contributed by atoms with E-state index in [4.69, 9.17) is 0 Å². The topological polar surface area (TPSA) is 17.3 Å². The van der Waals surface area contributed by atoms with E-state index in [1.54, 1.807) is 6.20 Å². The summed E-state index contributed by atoms with van der Waals surface area (Å²) in [6, 6.07) is 6.76. The smallest absolute Gasteiger partial charge is 0.358 e. The molecule has 0 aliphatic heterocycles. The van der Waals surface area contributed by atoms with Crippen LogP contribution >= 0.6 is 0 Å². The van der Waals surface area contributed by atoms with Crippen LogP contribution in [0.15, 0.2) is 30.7 Å². The van der Waals surface area contributed by atoms with E-state index in [0.29, 0.717) is 0 Å². The van der Waals surface area contributed by atoms with Gasteiger partial charge >= 0.3 is 21.1 Å². The Labute approximate surface area is 112 Å². The van der Waals surface area contributed by atoms with Crippen LogP contribution in [0.5, 0.6) is 0 Å². The molecule has 0 amide bonds. The standard InChI is InChI=1S/C7H5N2.CH3.W.Y/c1-2-5-9-6-4-8-7(9)3-1;;;/h1-2,4-6H;1H3;;/q2*-1;+2;. The van der Waals surface area contributed by atoms with E-state index in [1.165, 1.54) is 0 Å². The van der Waals surface area contributed by atoms with Crippen LogP contribution in [0.4, 0.5) is 0 Å². The Morgan fingerprint density at radius 2 is 2.08 bits per heavy atom. The van der Waals surface area contributed by atoms with Crippen LogP contribution in [0.2, 0.25) is 0 Å². The van der Waals surface area contributed by atoms with Crippen molar-refractivity contribution in [3.05, 3.63) is 44.2 Å². The van der Waals surface area contributed by atoms with E-state index in [9.17, 15) is 0 Å². The zero-order valence-electron chi connectivity index (χ0n) is 6.77. The van der Waals surface area contributed by atoms with Crippen LogP contribution in [0, 0.1) is 13.5 Å². The minimum absolute atomic E-state index is 0. The molecule has 0 aromatic carbocycles. The summed E-state index contributed by atoms with van der Waals surface area (Å²) in [6.45, 7) is 0. The summed E-state index contributed by atoms with van der Waals surface area (Å²) < 4.78 is 1.92. The third-order valence-electron chi connectivity index (χ3n) is 1.22. The molecule has 12 heavy (non-hydrogen) atoms. The maximum atomic E-state index is 4.03. The molecule has 0 bridgehead atoms. The molecule has 0 spiro atoms. The molecule has 2 nitrogen and oxygen atoms in total. The van der Waals surface area contributed by atoms with Gasteiger partial charge in [-0.1, -0.05) is 6.20 Å². The summed E-state index contributed by atoms with van der Waals surface area (Å²) in [6.07, 6.45) is 5.59. The molecule has 0 aliphatic carbocycles. The number of fused-ring (bicyclic) bond motifs is 1. The van der Waals surface area contributed by atoms with Crippen molar-refractivity contribution in [3.8, 4) is 0 Å². The Kier molecular flexibility index (Phi) is 8.66. The number of pyridine rings is 1. The van der Waals surface area contributed by atoms with E-state index >= 15 is 0 Å². The van der Waals surface area contributed by atoms with E-state index in [-0.39, 0.29) is 61.2 Å². The molecule has 0 aliphatic rings. The Balaban J connectivity index is 0. The second kappa shape index (κ2) is 6.94. The fraction of sp³-hybridized carbons (Fsp3) is 0. The van der Waals surface area contributed by atoms with E-state index in [1.807, 2.05) is 28.9 Å². The summed E-state index contributed by atoms with van der Waals surface area (Å²) in [7, 11) is 0. The van der Waals surface area contributed by atoms with E-state index < -0.39 is 0 Å². The molecule has 0 saturated carbocycles. The van der Waals surface area contributed by atoms with Gasteiger partial charge in [0.15, 0.2) is 0 Å². The van der Waals surface area contributed by atoms with Crippen LogP contribution in [-0.4, -0.2) is 9.38 Å². The van der Waals surface area contributed by atoms with E-state index in [0.717, 1.165) is 5.65 Å². The van der Waals surface area contributed by atoms with Crippen LogP contribution < -0.4 is 0 Å². The SMILES string of the molecule is [CH3-].[W+2].[Y].[c-]1cccn2ccnc12. The molecular formula is C8H8N2WY. The van der Waals surface area contributed by atoms with Gasteiger partial charge in [0.05, 0.1) is 0 Å². The normalized spacial score (nSPS) is 7.67. The van der Waals surface area contributed by atoms with Gasteiger partial charge in [0.25, 0.3) is 0 Å². The second-order valence-corrected chi connectivity index (χ2v) is 1.81. The van der Waals surface area contributed by atoms with Crippen LogP contribution in [-0.2, 0) is 53.8 Å². The maximum Gasteiger partial charge on any atom is 2.00 e. The summed E-state index contributed by atoms with van der Waals surface area (Å²) in [5.41, 5.74) is 0.873. The molecule has 2 aromatic heterocycles. The van der Waals surface area contributed by atoms with Gasteiger partial charge in [-0.2, -0.15) is 6.07 Å². The van der Waals surface area contributed by atoms with Crippen LogP contribution in [0.25, 0.3) is 5.65 Å². The number of hydrogen-bond acceptors (Lipinski definition) is 1. The second-order valence-electron chi connectivity index (χ2n) is 1.81. The van der Waals surface area contributed by atoms with Crippen molar-refractivity contribution in [1.29, 1.82) is 0 Å². The molecule has 4 heteroatoms. The minimum atomic E-state index is 0. The van der Waals surface area contributed by atoms with Crippen molar-refractivity contribution in [1.82, 2.24) is 9.38 Å². The molecule has 2 aromatic rings. The summed E-state index contributed by atoms with van der Waals surface area (Å²) >= 11 is 0. The number of aromatic nitrogens is 2. The fourth-order valence-corrected chi connectivity index (χ4v) is 0.804.